The van der Waals surface area contributed by atoms with E-state index in [-0.39, 0.29) is 14.5 Å². The Morgan fingerprint density at radius 3 is 2.23 bits per heavy atom. The second-order valence-corrected chi connectivity index (χ2v) is 14.9. The molecule has 2 atom stereocenters. The van der Waals surface area contributed by atoms with Gasteiger partial charge in [0.15, 0.2) is 9.84 Å². The van der Waals surface area contributed by atoms with E-state index < -0.39 is 25.1 Å². The standard InChI is InChI=1S/C26H44N2O4S3/c1-4-6-7-8-9-10-11-12-13-14-15-16-17-18-19-28-35(31,32)25-21-23-24(27-5-2)20-22(3)34(29,30)26(23)33-25/h10-11,19,21-22,24,27H,4-9,12-18,20H2,1-3H3/b11-10?,28-19-/t22-,24-/m0/s1. The first-order valence-electron chi connectivity index (χ1n) is 13.3. The van der Waals surface area contributed by atoms with Crippen LogP contribution in [0.1, 0.15) is 116 Å². The topological polar surface area (TPSA) is 92.7 Å². The van der Waals surface area contributed by atoms with Gasteiger partial charge in [-0.3, -0.25) is 0 Å². The highest BCUT2D eigenvalue weighted by Gasteiger charge is 2.39. The second-order valence-electron chi connectivity index (χ2n) is 9.44. The molecule has 0 saturated heterocycles. The van der Waals surface area contributed by atoms with Gasteiger partial charge in [0.05, 0.1) is 5.25 Å². The molecular weight excluding hydrogens is 500 g/mol. The maximum Gasteiger partial charge on any atom is 0.291 e. The number of hydrogen-bond acceptors (Lipinski definition) is 6. The first-order chi connectivity index (χ1) is 16.7. The minimum Gasteiger partial charge on any atom is -0.310 e. The van der Waals surface area contributed by atoms with Crippen LogP contribution < -0.4 is 5.32 Å². The van der Waals surface area contributed by atoms with E-state index in [0.29, 0.717) is 24.9 Å². The largest absolute Gasteiger partial charge is 0.310 e. The van der Waals surface area contributed by atoms with E-state index in [1.165, 1.54) is 57.2 Å². The van der Waals surface area contributed by atoms with Gasteiger partial charge in [0.2, 0.25) is 0 Å². The van der Waals surface area contributed by atoms with Crippen molar-refractivity contribution < 1.29 is 16.8 Å². The summed E-state index contributed by atoms with van der Waals surface area (Å²) in [6, 6.07) is 1.35. The Morgan fingerprint density at radius 1 is 1.00 bits per heavy atom. The highest BCUT2D eigenvalue weighted by molar-refractivity contribution is 7.96. The fourth-order valence-electron chi connectivity index (χ4n) is 4.32. The Labute approximate surface area is 217 Å². The van der Waals surface area contributed by atoms with Gasteiger partial charge < -0.3 is 5.32 Å². The van der Waals surface area contributed by atoms with Gasteiger partial charge in [-0.15, -0.1) is 11.3 Å². The molecule has 2 rings (SSSR count). The predicted molar refractivity (Wildman–Crippen MR) is 148 cm³/mol. The molecule has 0 radical (unpaired) electrons. The molecule has 0 unspecified atom stereocenters. The Morgan fingerprint density at radius 2 is 1.60 bits per heavy atom. The monoisotopic (exact) mass is 544 g/mol. The third-order valence-corrected chi connectivity index (χ3v) is 12.1. The maximum atomic E-state index is 12.7. The summed E-state index contributed by atoms with van der Waals surface area (Å²) in [7, 11) is -7.39. The van der Waals surface area contributed by atoms with Gasteiger partial charge in [0.1, 0.15) is 8.42 Å². The summed E-state index contributed by atoms with van der Waals surface area (Å²) < 4.78 is 55.0. The molecule has 0 fully saturated rings. The van der Waals surface area contributed by atoms with E-state index in [4.69, 9.17) is 0 Å². The fourth-order valence-corrected chi connectivity index (χ4v) is 9.22. The third kappa shape index (κ3) is 9.41. The lowest BCUT2D eigenvalue weighted by Crippen LogP contribution is -2.33. The third-order valence-electron chi connectivity index (χ3n) is 6.45. The van der Waals surface area contributed by atoms with Gasteiger partial charge in [0.25, 0.3) is 10.0 Å². The minimum atomic E-state index is -3.89. The van der Waals surface area contributed by atoms with Crippen molar-refractivity contribution in [2.24, 2.45) is 4.40 Å². The van der Waals surface area contributed by atoms with Crippen molar-refractivity contribution in [3.05, 3.63) is 23.8 Å². The Bertz CT molecular complexity index is 1030. The minimum absolute atomic E-state index is 0.0118. The SMILES string of the molecule is CCCCCCC=CCCCCCCC/C=N\S(=O)(=O)c1cc2c(s1)S(=O)(=O)[C@@H](C)C[C@@H]2NCC. The number of nitrogens with one attached hydrogen (secondary N) is 1. The average molecular weight is 545 g/mol. The van der Waals surface area contributed by atoms with Crippen LogP contribution in [0, 0.1) is 0 Å². The number of sulfonamides is 1. The normalized spacial score (nSPS) is 20.1. The van der Waals surface area contributed by atoms with Crippen molar-refractivity contribution in [2.75, 3.05) is 6.54 Å². The van der Waals surface area contributed by atoms with Crippen LogP contribution in [0.15, 0.2) is 31.0 Å². The Hall–Kier alpha value is -1.03. The fraction of sp³-hybridized carbons (Fsp3) is 0.731. The maximum absolute atomic E-state index is 12.7. The molecule has 6 nitrogen and oxygen atoms in total. The first kappa shape index (κ1) is 30.2. The van der Waals surface area contributed by atoms with Crippen molar-refractivity contribution in [2.45, 2.75) is 124 Å². The van der Waals surface area contributed by atoms with Crippen LogP contribution >= 0.6 is 11.3 Å². The number of fused-ring (bicyclic) bond motifs is 1. The molecule has 1 N–H and O–H groups in total. The zero-order valence-corrected chi connectivity index (χ0v) is 24.1. The molecule has 35 heavy (non-hydrogen) atoms. The molecule has 0 bridgehead atoms. The first-order valence-corrected chi connectivity index (χ1v) is 17.1. The molecule has 0 aliphatic carbocycles. The van der Waals surface area contributed by atoms with Gasteiger partial charge in [-0.05, 0) is 64.5 Å². The van der Waals surface area contributed by atoms with Crippen LogP contribution in [-0.4, -0.2) is 34.8 Å². The highest BCUT2D eigenvalue weighted by Crippen LogP contribution is 2.43. The molecule has 0 aromatic carbocycles. The molecule has 1 aromatic rings. The summed E-state index contributed by atoms with van der Waals surface area (Å²) >= 11 is 0.835. The molecule has 0 spiro atoms. The number of thiophene rings is 1. The van der Waals surface area contributed by atoms with Crippen LogP contribution in [-0.2, 0) is 19.9 Å². The Kier molecular flexibility index (Phi) is 13.2. The van der Waals surface area contributed by atoms with Crippen LogP contribution in [0.4, 0.5) is 0 Å². The summed E-state index contributed by atoms with van der Waals surface area (Å²) in [4.78, 5) is 0. The van der Waals surface area contributed by atoms with Gasteiger partial charge in [-0.1, -0.05) is 64.5 Å². The number of rotatable bonds is 17. The molecule has 1 aromatic heterocycles. The lowest BCUT2D eigenvalue weighted by Gasteiger charge is -2.27. The quantitative estimate of drug-likeness (QED) is 0.130. The van der Waals surface area contributed by atoms with Crippen molar-refractivity contribution in [3.63, 3.8) is 0 Å². The molecule has 2 heterocycles. The van der Waals surface area contributed by atoms with E-state index in [0.717, 1.165) is 37.0 Å². The summed E-state index contributed by atoms with van der Waals surface area (Å²) in [6.45, 7) is 6.55. The lowest BCUT2D eigenvalue weighted by atomic mass is 10.1. The highest BCUT2D eigenvalue weighted by atomic mass is 32.3. The van der Waals surface area contributed by atoms with Crippen LogP contribution in [0.5, 0.6) is 0 Å². The van der Waals surface area contributed by atoms with E-state index in [2.05, 4.69) is 28.8 Å². The van der Waals surface area contributed by atoms with Crippen LogP contribution in [0.25, 0.3) is 0 Å². The predicted octanol–water partition coefficient (Wildman–Crippen LogP) is 6.98. The molecular formula is C26H44N2O4S3. The van der Waals surface area contributed by atoms with E-state index in [1.807, 2.05) is 6.92 Å². The van der Waals surface area contributed by atoms with Gasteiger partial charge >= 0.3 is 0 Å². The number of unbranched alkanes of at least 4 members (excludes halogenated alkanes) is 10. The van der Waals surface area contributed by atoms with Crippen molar-refractivity contribution in [1.29, 1.82) is 0 Å². The van der Waals surface area contributed by atoms with E-state index in [1.54, 1.807) is 6.92 Å². The van der Waals surface area contributed by atoms with Crippen molar-refractivity contribution in [3.8, 4) is 0 Å². The van der Waals surface area contributed by atoms with Crippen molar-refractivity contribution >= 4 is 37.4 Å². The summed E-state index contributed by atoms with van der Waals surface area (Å²) in [5.74, 6) is 0. The summed E-state index contributed by atoms with van der Waals surface area (Å²) in [5.41, 5.74) is 0.565. The number of hydrogen-bond donors (Lipinski definition) is 1. The second kappa shape index (κ2) is 15.3. The van der Waals surface area contributed by atoms with Gasteiger partial charge in [-0.2, -0.15) is 12.8 Å². The molecule has 1 aliphatic heterocycles. The summed E-state index contributed by atoms with van der Waals surface area (Å²) in [6.07, 6.45) is 20.2. The molecule has 1 aliphatic rings. The van der Waals surface area contributed by atoms with E-state index >= 15 is 0 Å². The van der Waals surface area contributed by atoms with Gasteiger partial charge in [-0.25, -0.2) is 8.42 Å². The average Bonchev–Trinajstić information content (AvgIpc) is 3.28. The summed E-state index contributed by atoms with van der Waals surface area (Å²) in [5, 5.41) is 2.74. The molecule has 200 valence electrons. The Balaban J connectivity index is 1.74. The van der Waals surface area contributed by atoms with Gasteiger partial charge in [0, 0.05) is 17.8 Å². The molecule has 0 saturated carbocycles. The smallest absolute Gasteiger partial charge is 0.291 e. The van der Waals surface area contributed by atoms with E-state index in [9.17, 15) is 16.8 Å². The lowest BCUT2D eigenvalue weighted by molar-refractivity contribution is 0.477. The number of nitrogens with zero attached hydrogens (tertiary/aromatic N) is 1. The molecule has 0 amide bonds. The van der Waals surface area contributed by atoms with Crippen LogP contribution in [0.2, 0.25) is 0 Å². The number of sulfone groups is 1. The zero-order valence-electron chi connectivity index (χ0n) is 21.7. The zero-order chi connectivity index (χ0) is 25.7. The molecule has 9 heteroatoms. The van der Waals surface area contributed by atoms with Crippen molar-refractivity contribution in [1.82, 2.24) is 5.32 Å². The van der Waals surface area contributed by atoms with Crippen LogP contribution in [0.3, 0.4) is 0 Å². The number of allylic oxidation sites excluding steroid dienone is 2.